The van der Waals surface area contributed by atoms with Crippen molar-refractivity contribution >= 4 is 43.5 Å². The Morgan fingerprint density at radius 1 is 0.574 bits per heavy atom. The third-order valence-corrected chi connectivity index (χ3v) is 8.28. The molecule has 0 saturated carbocycles. The van der Waals surface area contributed by atoms with E-state index in [1.807, 2.05) is 73.2 Å². The van der Waals surface area contributed by atoms with Crippen LogP contribution in [-0.2, 0) is 20.1 Å². The van der Waals surface area contributed by atoms with Crippen LogP contribution < -0.4 is 0 Å². The Kier molecular flexibility index (Phi) is 8.41. The largest absolute Gasteiger partial charge is 0.500 e. The number of furan rings is 1. The third-order valence-electron chi connectivity index (χ3n) is 8.28. The van der Waals surface area contributed by atoms with Gasteiger partial charge in [-0.05, 0) is 64.0 Å². The third kappa shape index (κ3) is 5.83. The average Bonchev–Trinajstić information content (AvgIpc) is 3.52. The van der Waals surface area contributed by atoms with Gasteiger partial charge in [0.1, 0.15) is 5.58 Å². The van der Waals surface area contributed by atoms with Crippen molar-refractivity contribution in [1.82, 2.24) is 15.0 Å². The maximum atomic E-state index is 6.51. The van der Waals surface area contributed by atoms with Crippen LogP contribution in [0.1, 0.15) is 5.56 Å². The first-order valence-electron chi connectivity index (χ1n) is 15.2. The number of aromatic nitrogens is 3. The van der Waals surface area contributed by atoms with E-state index in [0.29, 0.717) is 0 Å². The zero-order chi connectivity index (χ0) is 30.9. The van der Waals surface area contributed by atoms with E-state index in [1.165, 1.54) is 10.8 Å². The molecular weight excluding hydrogens is 755 g/mol. The summed E-state index contributed by atoms with van der Waals surface area (Å²) in [5, 5.41) is 6.78. The van der Waals surface area contributed by atoms with Gasteiger partial charge >= 0.3 is 0 Å². The minimum atomic E-state index is 0. The molecule has 5 heteroatoms. The molecule has 227 valence electrons. The molecule has 5 aromatic carbocycles. The van der Waals surface area contributed by atoms with Crippen LogP contribution in [0.25, 0.3) is 77.1 Å². The molecule has 4 aromatic heterocycles. The average molecular weight is 782 g/mol. The summed E-state index contributed by atoms with van der Waals surface area (Å²) in [5.74, 6) is 0. The van der Waals surface area contributed by atoms with Crippen LogP contribution in [-0.4, -0.2) is 15.0 Å². The van der Waals surface area contributed by atoms with Gasteiger partial charge in [-0.2, -0.15) is 0 Å². The van der Waals surface area contributed by atoms with Crippen molar-refractivity contribution < 1.29 is 24.5 Å². The topological polar surface area (TPSA) is 51.8 Å². The molecule has 0 unspecified atom stereocenters. The van der Waals surface area contributed by atoms with Gasteiger partial charge in [-0.25, -0.2) is 0 Å². The van der Waals surface area contributed by atoms with Crippen LogP contribution >= 0.6 is 0 Å². The summed E-state index contributed by atoms with van der Waals surface area (Å²) in [6, 6.07) is 47.6. The molecule has 4 nitrogen and oxygen atoms in total. The summed E-state index contributed by atoms with van der Waals surface area (Å²) in [6.07, 6.45) is 7.45. The summed E-state index contributed by atoms with van der Waals surface area (Å²) in [7, 11) is 0. The minimum Gasteiger partial charge on any atom is -0.500 e. The van der Waals surface area contributed by atoms with Crippen LogP contribution in [0.5, 0.6) is 0 Å². The first kappa shape index (κ1) is 30.2. The van der Waals surface area contributed by atoms with Gasteiger partial charge in [-0.3, -0.25) is 4.98 Å². The Morgan fingerprint density at radius 3 is 2.30 bits per heavy atom. The minimum absolute atomic E-state index is 0. The maximum absolute atomic E-state index is 6.51. The molecule has 0 aliphatic heterocycles. The van der Waals surface area contributed by atoms with Crippen molar-refractivity contribution in [3.63, 3.8) is 0 Å². The number of aryl methyl sites for hydroxylation is 1. The van der Waals surface area contributed by atoms with Crippen LogP contribution in [0.2, 0.25) is 0 Å². The predicted molar refractivity (Wildman–Crippen MR) is 187 cm³/mol. The molecule has 0 aliphatic rings. The van der Waals surface area contributed by atoms with Crippen molar-refractivity contribution in [2.24, 2.45) is 0 Å². The number of benzene rings is 5. The van der Waals surface area contributed by atoms with Gasteiger partial charge in [0.05, 0.1) is 5.58 Å². The van der Waals surface area contributed by atoms with Gasteiger partial charge in [-0.1, -0.05) is 77.7 Å². The molecule has 0 spiro atoms. The fourth-order valence-electron chi connectivity index (χ4n) is 5.96. The van der Waals surface area contributed by atoms with E-state index >= 15 is 0 Å². The van der Waals surface area contributed by atoms with Crippen LogP contribution in [0.15, 0.2) is 151 Å². The van der Waals surface area contributed by atoms with Crippen LogP contribution in [0.3, 0.4) is 0 Å². The standard InChI is InChI=1S/C31H19N2O.C11H8N.Ir/c1-19-17-33-29(16-28(19)22-9-10-23-18-32-14-13-21(23)15-22)27-8-4-7-25-26-12-11-20-5-2-3-6-24(20)30(26)34-31(25)27;1-2-6-10(7-3-1)11-8-4-5-9-12-11;/h2-7,9-18H,1H3;1-6,8-9H;/q2*-1;. The second-order valence-corrected chi connectivity index (χ2v) is 11.2. The molecule has 0 aliphatic carbocycles. The van der Waals surface area contributed by atoms with E-state index < -0.39 is 0 Å². The van der Waals surface area contributed by atoms with E-state index in [2.05, 4.69) is 95.8 Å². The molecule has 9 rings (SSSR count). The number of hydrogen-bond donors (Lipinski definition) is 0. The fraction of sp³-hybridized carbons (Fsp3) is 0.0238. The molecule has 0 bridgehead atoms. The monoisotopic (exact) mass is 782 g/mol. The Bertz CT molecular complexity index is 2450. The summed E-state index contributed by atoms with van der Waals surface area (Å²) < 4.78 is 6.51. The van der Waals surface area contributed by atoms with Gasteiger partial charge < -0.3 is 14.4 Å². The first-order valence-corrected chi connectivity index (χ1v) is 15.2. The van der Waals surface area contributed by atoms with Gasteiger partial charge in [0.2, 0.25) is 0 Å². The van der Waals surface area contributed by atoms with E-state index in [9.17, 15) is 0 Å². The van der Waals surface area contributed by atoms with E-state index in [0.717, 1.165) is 71.9 Å². The molecule has 0 fully saturated rings. The SMILES string of the molecule is Cc1cnc(-c2[c-]ccc3c2oc2c4ccccc4ccc32)cc1-c1ccc2cnccc2c1.[Ir].[c-]1ccccc1-c1ccccn1. The van der Waals surface area contributed by atoms with Gasteiger partial charge in [0, 0.05) is 61.1 Å². The van der Waals surface area contributed by atoms with Crippen LogP contribution in [0.4, 0.5) is 0 Å². The summed E-state index contributed by atoms with van der Waals surface area (Å²) in [5.41, 5.74) is 8.90. The zero-order valence-electron chi connectivity index (χ0n) is 25.4. The second kappa shape index (κ2) is 13.1. The van der Waals surface area contributed by atoms with Gasteiger partial charge in [0.15, 0.2) is 0 Å². The van der Waals surface area contributed by atoms with Crippen LogP contribution in [0, 0.1) is 19.1 Å². The smallest absolute Gasteiger partial charge is 0.128 e. The van der Waals surface area contributed by atoms with E-state index in [1.54, 1.807) is 6.20 Å². The number of rotatable bonds is 3. The summed E-state index contributed by atoms with van der Waals surface area (Å²) >= 11 is 0. The predicted octanol–water partition coefficient (Wildman–Crippen LogP) is 10.7. The zero-order valence-corrected chi connectivity index (χ0v) is 27.8. The second-order valence-electron chi connectivity index (χ2n) is 11.2. The number of pyridine rings is 3. The van der Waals surface area contributed by atoms with E-state index in [4.69, 9.17) is 9.40 Å². The molecule has 0 N–H and O–H groups in total. The maximum Gasteiger partial charge on any atom is 0.128 e. The summed E-state index contributed by atoms with van der Waals surface area (Å²) in [4.78, 5) is 13.2. The summed E-state index contributed by atoms with van der Waals surface area (Å²) in [6.45, 7) is 2.10. The number of nitrogens with zero attached hydrogens (tertiary/aromatic N) is 3. The van der Waals surface area contributed by atoms with Gasteiger partial charge in [-0.15, -0.1) is 54.1 Å². The molecule has 0 atom stereocenters. The van der Waals surface area contributed by atoms with Crippen molar-refractivity contribution in [2.75, 3.05) is 0 Å². The quantitative estimate of drug-likeness (QED) is 0.168. The normalized spacial score (nSPS) is 10.9. The van der Waals surface area contributed by atoms with Crippen molar-refractivity contribution in [1.29, 1.82) is 0 Å². The fourth-order valence-corrected chi connectivity index (χ4v) is 5.96. The van der Waals surface area contributed by atoms with Gasteiger partial charge in [0.25, 0.3) is 0 Å². The van der Waals surface area contributed by atoms with Crippen molar-refractivity contribution in [2.45, 2.75) is 6.92 Å². The molecule has 47 heavy (non-hydrogen) atoms. The van der Waals surface area contributed by atoms with Crippen molar-refractivity contribution in [3.05, 3.63) is 164 Å². The molecule has 4 heterocycles. The molecule has 1 radical (unpaired) electrons. The first-order chi connectivity index (χ1) is 22.7. The Balaban J connectivity index is 0.000000228. The molecule has 0 amide bonds. The van der Waals surface area contributed by atoms with E-state index in [-0.39, 0.29) is 20.1 Å². The number of hydrogen-bond acceptors (Lipinski definition) is 4. The number of fused-ring (bicyclic) bond motifs is 6. The Labute approximate surface area is 286 Å². The Hall–Kier alpha value is -5.48. The Morgan fingerprint density at radius 2 is 1.43 bits per heavy atom. The molecule has 0 saturated heterocycles. The molecule has 9 aromatic rings. The molecular formula is C42H27IrN3O-2. The van der Waals surface area contributed by atoms with Crippen molar-refractivity contribution in [3.8, 4) is 33.6 Å².